The molecule has 0 amide bonds. The summed E-state index contributed by atoms with van der Waals surface area (Å²) in [5.74, 6) is 2.55. The van der Waals surface area contributed by atoms with E-state index in [1.54, 1.807) is 6.26 Å². The van der Waals surface area contributed by atoms with Crippen LogP contribution in [0.3, 0.4) is 0 Å². The molecule has 3 aromatic heterocycles. The predicted molar refractivity (Wildman–Crippen MR) is 115 cm³/mol. The Morgan fingerprint density at radius 2 is 2.03 bits per heavy atom. The van der Waals surface area contributed by atoms with Gasteiger partial charge in [-0.05, 0) is 80.1 Å². The molecule has 1 atom stereocenters. The third kappa shape index (κ3) is 3.67. The fraction of sp³-hybridized carbons (Fsp3) is 0.292. The first-order chi connectivity index (χ1) is 13.7. The second kappa shape index (κ2) is 8.21. The van der Waals surface area contributed by atoms with Gasteiger partial charge in [-0.2, -0.15) is 0 Å². The van der Waals surface area contributed by atoms with Gasteiger partial charge in [-0.25, -0.2) is 4.98 Å². The summed E-state index contributed by atoms with van der Waals surface area (Å²) in [7, 11) is 0. The van der Waals surface area contributed by atoms with Crippen molar-refractivity contribution in [2.45, 2.75) is 33.1 Å². The maximum Gasteiger partial charge on any atom is 0.134 e. The average molecular weight is 425 g/mol. The van der Waals surface area contributed by atoms with Gasteiger partial charge in [0.25, 0.3) is 0 Å². The molecule has 3 heterocycles. The third-order valence-electron chi connectivity index (χ3n) is 5.51. The minimum absolute atomic E-state index is 0. The zero-order valence-corrected chi connectivity index (χ0v) is 18.1. The Labute approximate surface area is 181 Å². The third-order valence-corrected chi connectivity index (χ3v) is 6.66. The van der Waals surface area contributed by atoms with Gasteiger partial charge in [-0.3, -0.25) is 0 Å². The molecule has 0 saturated carbocycles. The van der Waals surface area contributed by atoms with E-state index in [1.165, 1.54) is 22.2 Å². The number of halogens is 1. The molecule has 0 spiro atoms. The standard InChI is InChI=1S/C24H23NO2S.ClH/c1-3-26-17-9-7-16(8-10-17)20-14-19(21-5-4-12-27-21)23-18-11-6-15(2)13-22(18)28-24(23)25-20;/h4-5,7-10,12,14-15H,3,6,11,13H2,1-2H3;1H/p-1. The second-order valence-corrected chi connectivity index (χ2v) is 8.61. The van der Waals surface area contributed by atoms with Crippen LogP contribution in [0.25, 0.3) is 32.8 Å². The largest absolute Gasteiger partial charge is 1.00 e. The maximum atomic E-state index is 5.81. The van der Waals surface area contributed by atoms with Crippen LogP contribution in [-0.2, 0) is 12.8 Å². The highest BCUT2D eigenvalue weighted by atomic mass is 35.5. The Morgan fingerprint density at radius 3 is 2.76 bits per heavy atom. The molecule has 150 valence electrons. The Bertz CT molecular complexity index is 1120. The molecule has 0 saturated heterocycles. The van der Waals surface area contributed by atoms with E-state index in [9.17, 15) is 0 Å². The van der Waals surface area contributed by atoms with Crippen LogP contribution in [0, 0.1) is 5.92 Å². The molecule has 0 bridgehead atoms. The number of fused-ring (bicyclic) bond motifs is 3. The van der Waals surface area contributed by atoms with Gasteiger partial charge in [0.05, 0.1) is 18.6 Å². The number of furan rings is 1. The van der Waals surface area contributed by atoms with Crippen LogP contribution < -0.4 is 17.1 Å². The van der Waals surface area contributed by atoms with Gasteiger partial charge in [0.1, 0.15) is 16.3 Å². The summed E-state index contributed by atoms with van der Waals surface area (Å²) in [4.78, 5) is 7.68. The predicted octanol–water partition coefficient (Wildman–Crippen LogP) is 3.75. The lowest BCUT2D eigenvalue weighted by molar-refractivity contribution is -0.00000660. The number of nitrogens with zero attached hydrogens (tertiary/aromatic N) is 1. The van der Waals surface area contributed by atoms with Crippen LogP contribution in [0.2, 0.25) is 0 Å². The average Bonchev–Trinajstić information content (AvgIpc) is 3.35. The monoisotopic (exact) mass is 424 g/mol. The summed E-state index contributed by atoms with van der Waals surface area (Å²) in [5.41, 5.74) is 4.72. The normalized spacial score (nSPS) is 15.7. The molecular formula is C24H23ClNO2S-. The van der Waals surface area contributed by atoms with Gasteiger partial charge in [0.2, 0.25) is 0 Å². The molecule has 5 rings (SSSR count). The van der Waals surface area contributed by atoms with E-state index >= 15 is 0 Å². The van der Waals surface area contributed by atoms with Gasteiger partial charge in [-0.15, -0.1) is 11.3 Å². The lowest BCUT2D eigenvalue weighted by Crippen LogP contribution is -3.00. The van der Waals surface area contributed by atoms with Gasteiger partial charge in [0.15, 0.2) is 0 Å². The highest BCUT2D eigenvalue weighted by Gasteiger charge is 2.24. The fourth-order valence-corrected chi connectivity index (χ4v) is 5.51. The molecule has 1 aromatic carbocycles. The number of hydrogen-bond donors (Lipinski definition) is 0. The Balaban J connectivity index is 0.00000205. The van der Waals surface area contributed by atoms with Crippen molar-refractivity contribution >= 4 is 21.6 Å². The highest BCUT2D eigenvalue weighted by Crippen LogP contribution is 2.43. The van der Waals surface area contributed by atoms with Crippen LogP contribution >= 0.6 is 11.3 Å². The minimum atomic E-state index is 0. The van der Waals surface area contributed by atoms with E-state index in [-0.39, 0.29) is 12.4 Å². The summed E-state index contributed by atoms with van der Waals surface area (Å²) in [5, 5.41) is 1.29. The Hall–Kier alpha value is -2.30. The van der Waals surface area contributed by atoms with E-state index in [0.717, 1.165) is 51.9 Å². The van der Waals surface area contributed by atoms with Crippen molar-refractivity contribution < 1.29 is 21.6 Å². The molecule has 0 aliphatic heterocycles. The molecule has 0 fully saturated rings. The van der Waals surface area contributed by atoms with Crippen LogP contribution in [-0.4, -0.2) is 11.6 Å². The van der Waals surface area contributed by atoms with Crippen molar-refractivity contribution in [1.29, 1.82) is 0 Å². The van der Waals surface area contributed by atoms with E-state index < -0.39 is 0 Å². The molecule has 5 heteroatoms. The molecular weight excluding hydrogens is 402 g/mol. The van der Waals surface area contributed by atoms with Crippen molar-refractivity contribution in [3.63, 3.8) is 0 Å². The molecule has 0 N–H and O–H groups in total. The van der Waals surface area contributed by atoms with Gasteiger partial charge < -0.3 is 21.6 Å². The number of pyridine rings is 1. The number of hydrogen-bond acceptors (Lipinski definition) is 4. The van der Waals surface area contributed by atoms with Crippen LogP contribution in [0.4, 0.5) is 0 Å². The van der Waals surface area contributed by atoms with Crippen molar-refractivity contribution in [2.24, 2.45) is 5.92 Å². The molecule has 0 radical (unpaired) electrons. The van der Waals surface area contributed by atoms with E-state index in [0.29, 0.717) is 6.61 Å². The van der Waals surface area contributed by atoms with E-state index in [4.69, 9.17) is 14.1 Å². The van der Waals surface area contributed by atoms with Crippen molar-refractivity contribution in [3.8, 4) is 28.3 Å². The summed E-state index contributed by atoms with van der Waals surface area (Å²) >= 11 is 1.86. The summed E-state index contributed by atoms with van der Waals surface area (Å²) < 4.78 is 11.4. The van der Waals surface area contributed by atoms with Crippen LogP contribution in [0.15, 0.2) is 53.1 Å². The lowest BCUT2D eigenvalue weighted by atomic mass is 9.88. The summed E-state index contributed by atoms with van der Waals surface area (Å²) in [6, 6.07) is 14.4. The zero-order chi connectivity index (χ0) is 19.1. The van der Waals surface area contributed by atoms with Gasteiger partial charge in [-0.1, -0.05) is 6.92 Å². The molecule has 29 heavy (non-hydrogen) atoms. The summed E-state index contributed by atoms with van der Waals surface area (Å²) in [6.45, 7) is 5.02. The van der Waals surface area contributed by atoms with Crippen molar-refractivity contribution in [3.05, 3.63) is 59.2 Å². The lowest BCUT2D eigenvalue weighted by Gasteiger charge is -2.18. The number of benzene rings is 1. The smallest absolute Gasteiger partial charge is 0.134 e. The first kappa shape index (κ1) is 20.0. The van der Waals surface area contributed by atoms with Crippen molar-refractivity contribution in [1.82, 2.24) is 4.98 Å². The first-order valence-electron chi connectivity index (χ1n) is 9.95. The minimum Gasteiger partial charge on any atom is -1.00 e. The quantitative estimate of drug-likeness (QED) is 0.500. The topological polar surface area (TPSA) is 35.3 Å². The highest BCUT2D eigenvalue weighted by molar-refractivity contribution is 7.19. The summed E-state index contributed by atoms with van der Waals surface area (Å²) in [6.07, 6.45) is 5.29. The first-order valence-corrected chi connectivity index (χ1v) is 10.8. The Kier molecular flexibility index (Phi) is 5.66. The number of rotatable bonds is 4. The Morgan fingerprint density at radius 1 is 1.21 bits per heavy atom. The van der Waals surface area contributed by atoms with E-state index in [2.05, 4.69) is 25.1 Å². The van der Waals surface area contributed by atoms with Crippen LogP contribution in [0.1, 0.15) is 30.7 Å². The molecule has 4 aromatic rings. The van der Waals surface area contributed by atoms with Gasteiger partial charge in [0, 0.05) is 21.4 Å². The number of thiophene rings is 1. The van der Waals surface area contributed by atoms with Crippen molar-refractivity contribution in [2.75, 3.05) is 6.61 Å². The number of aryl methyl sites for hydroxylation is 1. The van der Waals surface area contributed by atoms with Crippen LogP contribution in [0.5, 0.6) is 5.75 Å². The molecule has 1 aliphatic carbocycles. The van der Waals surface area contributed by atoms with Gasteiger partial charge >= 0.3 is 0 Å². The zero-order valence-electron chi connectivity index (χ0n) is 16.6. The fourth-order valence-electron chi connectivity index (χ4n) is 4.11. The molecule has 1 aliphatic rings. The second-order valence-electron chi connectivity index (χ2n) is 7.52. The maximum absolute atomic E-state index is 5.81. The number of aromatic nitrogens is 1. The molecule has 1 unspecified atom stereocenters. The SMILES string of the molecule is CCOc1ccc(-c2cc(-c3ccco3)c3c4c(sc3n2)CC(C)CC4)cc1.[Cl-]. The molecule has 3 nitrogen and oxygen atoms in total. The number of ether oxygens (including phenoxy) is 1. The van der Waals surface area contributed by atoms with E-state index in [1.807, 2.05) is 42.5 Å².